The molecule has 1 atom stereocenters. The Morgan fingerprint density at radius 1 is 1.24 bits per heavy atom. The van der Waals surface area contributed by atoms with Gasteiger partial charge in [-0.1, -0.05) is 17.7 Å². The molecule has 1 unspecified atom stereocenters. The fourth-order valence-corrected chi connectivity index (χ4v) is 2.71. The van der Waals surface area contributed by atoms with Crippen molar-refractivity contribution < 1.29 is 5.11 Å². The molecule has 1 fully saturated rings. The summed E-state index contributed by atoms with van der Waals surface area (Å²) in [5.41, 5.74) is 2.49. The van der Waals surface area contributed by atoms with E-state index in [-0.39, 0.29) is 12.1 Å². The highest BCUT2D eigenvalue weighted by Crippen LogP contribution is 2.25. The number of aryl methyl sites for hydroxylation is 1. The average molecular weight is 290 g/mol. The molecule has 0 radical (unpaired) electrons. The molecule has 1 saturated carbocycles. The molecule has 1 aromatic rings. The molecule has 21 heavy (non-hydrogen) atoms. The van der Waals surface area contributed by atoms with Crippen molar-refractivity contribution in [1.82, 2.24) is 5.32 Å². The first-order valence-corrected chi connectivity index (χ1v) is 8.19. The van der Waals surface area contributed by atoms with Gasteiger partial charge in [-0.15, -0.1) is 0 Å². The number of hydrogen-bond donors (Lipinski definition) is 2. The Kier molecular flexibility index (Phi) is 5.65. The monoisotopic (exact) mass is 290 g/mol. The van der Waals surface area contributed by atoms with Gasteiger partial charge in [0, 0.05) is 30.9 Å². The number of anilines is 1. The molecule has 0 aliphatic heterocycles. The summed E-state index contributed by atoms with van der Waals surface area (Å²) in [5.74, 6) is 0. The van der Waals surface area contributed by atoms with Gasteiger partial charge in [-0.25, -0.2) is 0 Å². The molecule has 0 aromatic heterocycles. The molecule has 0 bridgehead atoms. The highest BCUT2D eigenvalue weighted by molar-refractivity contribution is 5.46. The number of aliphatic hydroxyl groups excluding tert-OH is 1. The van der Waals surface area contributed by atoms with E-state index < -0.39 is 0 Å². The predicted octanol–water partition coefficient (Wildman–Crippen LogP) is 3.10. The molecular formula is C18H30N2O. The van der Waals surface area contributed by atoms with Crippen LogP contribution in [0, 0.1) is 6.92 Å². The lowest BCUT2D eigenvalue weighted by molar-refractivity contribution is 0.161. The number of benzene rings is 1. The van der Waals surface area contributed by atoms with Crippen LogP contribution in [0.2, 0.25) is 0 Å². The maximum atomic E-state index is 9.60. The molecule has 0 amide bonds. The van der Waals surface area contributed by atoms with E-state index in [4.69, 9.17) is 0 Å². The van der Waals surface area contributed by atoms with Crippen molar-refractivity contribution in [2.75, 3.05) is 25.1 Å². The lowest BCUT2D eigenvalue weighted by Gasteiger charge is -2.29. The van der Waals surface area contributed by atoms with E-state index in [1.54, 1.807) is 0 Å². The van der Waals surface area contributed by atoms with Crippen molar-refractivity contribution in [3.8, 4) is 0 Å². The minimum atomic E-state index is -0.0937. The van der Waals surface area contributed by atoms with Gasteiger partial charge >= 0.3 is 0 Å². The van der Waals surface area contributed by atoms with Crippen molar-refractivity contribution in [3.05, 3.63) is 29.8 Å². The maximum absolute atomic E-state index is 9.60. The van der Waals surface area contributed by atoms with E-state index >= 15 is 0 Å². The zero-order valence-corrected chi connectivity index (χ0v) is 13.7. The third-order valence-corrected chi connectivity index (χ3v) is 4.43. The van der Waals surface area contributed by atoms with Crippen molar-refractivity contribution >= 4 is 5.69 Å². The summed E-state index contributed by atoms with van der Waals surface area (Å²) in [6.45, 7) is 5.56. The van der Waals surface area contributed by atoms with Crippen LogP contribution in [-0.4, -0.2) is 36.9 Å². The zero-order chi connectivity index (χ0) is 15.3. The summed E-state index contributed by atoms with van der Waals surface area (Å²) in [4.78, 5) is 2.31. The molecular weight excluding hydrogens is 260 g/mol. The van der Waals surface area contributed by atoms with E-state index in [9.17, 15) is 5.11 Å². The first-order valence-electron chi connectivity index (χ1n) is 8.19. The van der Waals surface area contributed by atoms with Crippen molar-refractivity contribution in [2.24, 2.45) is 0 Å². The predicted molar refractivity (Wildman–Crippen MR) is 89.9 cm³/mol. The lowest BCUT2D eigenvalue weighted by atomic mass is 9.95. The van der Waals surface area contributed by atoms with Crippen LogP contribution in [0.25, 0.3) is 0 Å². The van der Waals surface area contributed by atoms with E-state index in [0.29, 0.717) is 6.04 Å². The summed E-state index contributed by atoms with van der Waals surface area (Å²) < 4.78 is 0. The minimum Gasteiger partial charge on any atom is -0.394 e. The molecule has 2 N–H and O–H groups in total. The van der Waals surface area contributed by atoms with Crippen LogP contribution in [0.1, 0.15) is 44.6 Å². The Hall–Kier alpha value is -1.06. The quantitative estimate of drug-likeness (QED) is 0.686. The van der Waals surface area contributed by atoms with E-state index in [0.717, 1.165) is 25.8 Å². The standard InChI is InChI=1S/C18H30N2O/c1-15-6-10-17(11-7-15)20(3)13-5-4-12-18(2,14-21)19-16-8-9-16/h6-7,10-11,16,19,21H,4-5,8-9,12-14H2,1-3H3. The Labute approximate surface area is 129 Å². The first kappa shape index (κ1) is 16.3. The fraction of sp³-hybridized carbons (Fsp3) is 0.667. The smallest absolute Gasteiger partial charge is 0.0610 e. The largest absolute Gasteiger partial charge is 0.394 e. The summed E-state index contributed by atoms with van der Waals surface area (Å²) in [5, 5.41) is 13.2. The Bertz CT molecular complexity index is 427. The fourth-order valence-electron chi connectivity index (χ4n) is 2.71. The molecule has 1 aliphatic rings. The molecule has 2 rings (SSSR count). The van der Waals surface area contributed by atoms with Gasteiger partial charge < -0.3 is 15.3 Å². The first-order chi connectivity index (χ1) is 10.0. The molecule has 3 heteroatoms. The second-order valence-corrected chi connectivity index (χ2v) is 6.85. The van der Waals surface area contributed by atoms with E-state index in [1.807, 2.05) is 0 Å². The summed E-state index contributed by atoms with van der Waals surface area (Å²) in [6.07, 6.45) is 5.89. The van der Waals surface area contributed by atoms with Gasteiger partial charge in [-0.3, -0.25) is 0 Å². The van der Waals surface area contributed by atoms with Crippen LogP contribution < -0.4 is 10.2 Å². The Morgan fingerprint density at radius 2 is 1.90 bits per heavy atom. The topological polar surface area (TPSA) is 35.5 Å². The third-order valence-electron chi connectivity index (χ3n) is 4.43. The SMILES string of the molecule is Cc1ccc(N(C)CCCCC(C)(CO)NC2CC2)cc1. The van der Waals surface area contributed by atoms with Gasteiger partial charge in [-0.2, -0.15) is 0 Å². The van der Waals surface area contributed by atoms with Gasteiger partial charge in [0.05, 0.1) is 6.61 Å². The second-order valence-electron chi connectivity index (χ2n) is 6.85. The van der Waals surface area contributed by atoms with Crippen molar-refractivity contribution in [2.45, 2.75) is 57.5 Å². The van der Waals surface area contributed by atoms with E-state index in [2.05, 4.69) is 55.4 Å². The number of aliphatic hydroxyl groups is 1. The van der Waals surface area contributed by atoms with Crippen LogP contribution in [0.5, 0.6) is 0 Å². The lowest BCUT2D eigenvalue weighted by Crippen LogP contribution is -2.46. The van der Waals surface area contributed by atoms with Gasteiger partial charge in [-0.05, 0) is 58.1 Å². The highest BCUT2D eigenvalue weighted by atomic mass is 16.3. The summed E-state index contributed by atoms with van der Waals surface area (Å²) in [7, 11) is 2.15. The molecule has 0 heterocycles. The highest BCUT2D eigenvalue weighted by Gasteiger charge is 2.31. The Morgan fingerprint density at radius 3 is 2.48 bits per heavy atom. The second kappa shape index (κ2) is 7.28. The number of unbranched alkanes of at least 4 members (excludes halogenated alkanes) is 1. The average Bonchev–Trinajstić information content (AvgIpc) is 3.28. The van der Waals surface area contributed by atoms with Crippen molar-refractivity contribution in [3.63, 3.8) is 0 Å². The van der Waals surface area contributed by atoms with Gasteiger partial charge in [0.15, 0.2) is 0 Å². The Balaban J connectivity index is 1.69. The maximum Gasteiger partial charge on any atom is 0.0610 e. The minimum absolute atomic E-state index is 0.0937. The number of nitrogens with one attached hydrogen (secondary N) is 1. The molecule has 3 nitrogen and oxygen atoms in total. The normalized spacial score (nSPS) is 17.5. The van der Waals surface area contributed by atoms with Gasteiger partial charge in [0.1, 0.15) is 0 Å². The van der Waals surface area contributed by atoms with Crippen LogP contribution in [0.15, 0.2) is 24.3 Å². The van der Waals surface area contributed by atoms with Crippen molar-refractivity contribution in [1.29, 1.82) is 0 Å². The zero-order valence-electron chi connectivity index (χ0n) is 13.7. The molecule has 118 valence electrons. The van der Waals surface area contributed by atoms with Crippen LogP contribution >= 0.6 is 0 Å². The molecule has 0 spiro atoms. The van der Waals surface area contributed by atoms with Crippen LogP contribution in [-0.2, 0) is 0 Å². The van der Waals surface area contributed by atoms with Crippen LogP contribution in [0.3, 0.4) is 0 Å². The van der Waals surface area contributed by atoms with E-state index in [1.165, 1.54) is 24.1 Å². The summed E-state index contributed by atoms with van der Waals surface area (Å²) in [6, 6.07) is 9.34. The molecule has 0 saturated heterocycles. The van der Waals surface area contributed by atoms with Gasteiger partial charge in [0.25, 0.3) is 0 Å². The van der Waals surface area contributed by atoms with Gasteiger partial charge in [0.2, 0.25) is 0 Å². The number of nitrogens with zero attached hydrogens (tertiary/aromatic N) is 1. The number of hydrogen-bond acceptors (Lipinski definition) is 3. The summed E-state index contributed by atoms with van der Waals surface area (Å²) >= 11 is 0. The van der Waals surface area contributed by atoms with Crippen LogP contribution in [0.4, 0.5) is 5.69 Å². The molecule has 1 aliphatic carbocycles. The molecule has 1 aromatic carbocycles. The number of rotatable bonds is 9. The third kappa shape index (κ3) is 5.33.